The number of hydrogen-bond acceptors (Lipinski definition) is 3. The number of carbonyl (C=O) groups excluding carboxylic acids is 1. The summed E-state index contributed by atoms with van der Waals surface area (Å²) in [7, 11) is 0. The smallest absolute Gasteiger partial charge is 0.293 e. The third kappa shape index (κ3) is 3.17. The van der Waals surface area contributed by atoms with Crippen LogP contribution in [0, 0.1) is 0 Å². The summed E-state index contributed by atoms with van der Waals surface area (Å²) >= 11 is 0. The van der Waals surface area contributed by atoms with E-state index in [-0.39, 0.29) is 11.9 Å². The Kier molecular flexibility index (Phi) is 4.19. The minimum Gasteiger partial charge on any atom is -0.361 e. The molecule has 1 unspecified atom stereocenters. The van der Waals surface area contributed by atoms with E-state index in [0.717, 1.165) is 11.3 Å². The van der Waals surface area contributed by atoms with E-state index in [9.17, 15) is 4.79 Å². The first-order valence-corrected chi connectivity index (χ1v) is 7.46. The molecule has 2 aromatic rings. The second-order valence-corrected chi connectivity index (χ2v) is 5.45. The average molecular weight is 293 g/mol. The molecule has 1 aliphatic rings. The highest BCUT2D eigenvalue weighted by Gasteiger charge is 2.25. The van der Waals surface area contributed by atoms with Gasteiger partial charge in [0.1, 0.15) is 0 Å². The molecule has 1 amide bonds. The summed E-state index contributed by atoms with van der Waals surface area (Å²) in [6, 6.07) is 19.9. The number of amides is 1. The number of rotatable bonds is 4. The highest BCUT2D eigenvalue weighted by molar-refractivity contribution is 6.43. The molecule has 0 spiro atoms. The number of nitrogens with zero attached hydrogens (tertiary/aromatic N) is 2. The first-order valence-electron chi connectivity index (χ1n) is 7.46. The molecule has 22 heavy (non-hydrogen) atoms. The lowest BCUT2D eigenvalue weighted by atomic mass is 10.2. The van der Waals surface area contributed by atoms with Gasteiger partial charge in [0.2, 0.25) is 0 Å². The molecule has 2 aromatic carbocycles. The van der Waals surface area contributed by atoms with Crippen LogP contribution < -0.4 is 10.2 Å². The predicted octanol–water partition coefficient (Wildman–Crippen LogP) is 2.61. The van der Waals surface area contributed by atoms with Crippen LogP contribution in [0.25, 0.3) is 0 Å². The first-order chi connectivity index (χ1) is 10.7. The Morgan fingerprint density at radius 1 is 1.14 bits per heavy atom. The molecule has 0 saturated carbocycles. The van der Waals surface area contributed by atoms with E-state index in [1.54, 1.807) is 4.90 Å². The van der Waals surface area contributed by atoms with Crippen LogP contribution in [-0.2, 0) is 11.3 Å². The number of anilines is 1. The Balaban J connectivity index is 1.88. The number of hydrogen-bond donors (Lipinski definition) is 1. The largest absolute Gasteiger partial charge is 0.361 e. The minimum absolute atomic E-state index is 0.0839. The summed E-state index contributed by atoms with van der Waals surface area (Å²) in [5.74, 6) is 0.367. The van der Waals surface area contributed by atoms with Crippen LogP contribution in [0.15, 0.2) is 65.7 Å². The number of amidine groups is 1. The Hall–Kier alpha value is -2.62. The van der Waals surface area contributed by atoms with Crippen molar-refractivity contribution in [2.24, 2.45) is 4.99 Å². The van der Waals surface area contributed by atoms with E-state index in [2.05, 4.69) is 10.3 Å². The zero-order valence-electron chi connectivity index (χ0n) is 12.6. The van der Waals surface area contributed by atoms with E-state index < -0.39 is 0 Å². The second-order valence-electron chi connectivity index (χ2n) is 5.45. The average Bonchev–Trinajstić information content (AvgIpc) is 3.00. The normalized spacial score (nSPS) is 16.8. The molecule has 0 fully saturated rings. The zero-order chi connectivity index (χ0) is 15.4. The van der Waals surface area contributed by atoms with E-state index in [4.69, 9.17) is 0 Å². The maximum atomic E-state index is 12.8. The van der Waals surface area contributed by atoms with Gasteiger partial charge in [-0.25, -0.2) is 0 Å². The standard InChI is InChI=1S/C18H19N3O/c1-14-12-19-17(20-14)18(22)21(16-10-6-3-7-11-16)13-15-8-4-2-5-9-15/h2-11,14H,12-13H2,1H3,(H,19,20). The Morgan fingerprint density at radius 3 is 2.36 bits per heavy atom. The summed E-state index contributed by atoms with van der Waals surface area (Å²) < 4.78 is 0. The fourth-order valence-corrected chi connectivity index (χ4v) is 2.46. The lowest BCUT2D eigenvalue weighted by Gasteiger charge is -2.23. The number of benzene rings is 2. The quantitative estimate of drug-likeness (QED) is 0.942. The molecular formula is C18H19N3O. The summed E-state index contributed by atoms with van der Waals surface area (Å²) in [6.07, 6.45) is 0. The summed E-state index contributed by atoms with van der Waals surface area (Å²) in [6.45, 7) is 3.20. The van der Waals surface area contributed by atoms with Gasteiger partial charge in [0.25, 0.3) is 5.91 Å². The van der Waals surface area contributed by atoms with Crippen molar-refractivity contribution < 1.29 is 4.79 Å². The van der Waals surface area contributed by atoms with Crippen molar-refractivity contribution in [1.29, 1.82) is 0 Å². The number of aliphatic imine (C=N–C) groups is 1. The van der Waals surface area contributed by atoms with E-state index in [1.165, 1.54) is 0 Å². The van der Waals surface area contributed by atoms with Crippen molar-refractivity contribution in [2.75, 3.05) is 11.4 Å². The van der Waals surface area contributed by atoms with Gasteiger partial charge in [-0.2, -0.15) is 0 Å². The molecule has 0 aromatic heterocycles. The third-order valence-corrected chi connectivity index (χ3v) is 3.61. The number of para-hydroxylation sites is 1. The fourth-order valence-electron chi connectivity index (χ4n) is 2.46. The van der Waals surface area contributed by atoms with Crippen molar-refractivity contribution in [3.05, 3.63) is 66.2 Å². The van der Waals surface area contributed by atoms with Crippen LogP contribution in [0.1, 0.15) is 12.5 Å². The molecule has 112 valence electrons. The monoisotopic (exact) mass is 293 g/mol. The van der Waals surface area contributed by atoms with Crippen LogP contribution in [0.4, 0.5) is 5.69 Å². The van der Waals surface area contributed by atoms with Crippen molar-refractivity contribution in [3.8, 4) is 0 Å². The van der Waals surface area contributed by atoms with Gasteiger partial charge in [-0.1, -0.05) is 48.5 Å². The Bertz CT molecular complexity index is 667. The van der Waals surface area contributed by atoms with Crippen molar-refractivity contribution >= 4 is 17.4 Å². The third-order valence-electron chi connectivity index (χ3n) is 3.61. The summed E-state index contributed by atoms with van der Waals surface area (Å²) in [5.41, 5.74) is 1.96. The number of carbonyl (C=O) groups is 1. The molecule has 4 heteroatoms. The van der Waals surface area contributed by atoms with Crippen molar-refractivity contribution in [3.63, 3.8) is 0 Å². The maximum absolute atomic E-state index is 12.8. The lowest BCUT2D eigenvalue weighted by Crippen LogP contribution is -2.43. The number of nitrogens with one attached hydrogen (secondary N) is 1. The van der Waals surface area contributed by atoms with Gasteiger partial charge in [-0.3, -0.25) is 9.79 Å². The molecule has 0 saturated heterocycles. The second kappa shape index (κ2) is 6.43. The van der Waals surface area contributed by atoms with Crippen LogP contribution in [-0.4, -0.2) is 24.3 Å². The van der Waals surface area contributed by atoms with Crippen molar-refractivity contribution in [1.82, 2.24) is 5.32 Å². The summed E-state index contributed by atoms with van der Waals surface area (Å²) in [4.78, 5) is 18.9. The molecular weight excluding hydrogens is 274 g/mol. The topological polar surface area (TPSA) is 44.7 Å². The predicted molar refractivity (Wildman–Crippen MR) is 89.0 cm³/mol. The molecule has 0 aliphatic carbocycles. The van der Waals surface area contributed by atoms with Gasteiger partial charge in [-0.05, 0) is 24.6 Å². The highest BCUT2D eigenvalue weighted by Crippen LogP contribution is 2.18. The first kappa shape index (κ1) is 14.3. The van der Waals surface area contributed by atoms with Crippen LogP contribution in [0.3, 0.4) is 0 Å². The molecule has 1 heterocycles. The van der Waals surface area contributed by atoms with E-state index in [0.29, 0.717) is 18.9 Å². The molecule has 1 N–H and O–H groups in total. The molecule has 4 nitrogen and oxygen atoms in total. The van der Waals surface area contributed by atoms with Gasteiger partial charge < -0.3 is 10.2 Å². The minimum atomic E-state index is -0.0839. The fraction of sp³-hybridized carbons (Fsp3) is 0.222. The van der Waals surface area contributed by atoms with Gasteiger partial charge in [0.15, 0.2) is 5.84 Å². The highest BCUT2D eigenvalue weighted by atomic mass is 16.2. The SMILES string of the molecule is CC1CN=C(C(=O)N(Cc2ccccc2)c2ccccc2)N1. The van der Waals surface area contributed by atoms with Gasteiger partial charge in [-0.15, -0.1) is 0 Å². The van der Waals surface area contributed by atoms with Crippen LogP contribution >= 0.6 is 0 Å². The van der Waals surface area contributed by atoms with Gasteiger partial charge in [0.05, 0.1) is 13.1 Å². The zero-order valence-corrected chi connectivity index (χ0v) is 12.6. The van der Waals surface area contributed by atoms with Gasteiger partial charge >= 0.3 is 0 Å². The van der Waals surface area contributed by atoms with Crippen LogP contribution in [0.5, 0.6) is 0 Å². The molecule has 0 bridgehead atoms. The van der Waals surface area contributed by atoms with E-state index >= 15 is 0 Å². The molecule has 3 rings (SSSR count). The Morgan fingerprint density at radius 2 is 1.77 bits per heavy atom. The Labute approximate surface area is 130 Å². The summed E-state index contributed by atoms with van der Waals surface area (Å²) in [5, 5.41) is 3.15. The molecule has 1 aliphatic heterocycles. The van der Waals surface area contributed by atoms with Gasteiger partial charge in [0, 0.05) is 11.7 Å². The lowest BCUT2D eigenvalue weighted by molar-refractivity contribution is -0.112. The van der Waals surface area contributed by atoms with Crippen LogP contribution in [0.2, 0.25) is 0 Å². The molecule has 1 atom stereocenters. The van der Waals surface area contributed by atoms with E-state index in [1.807, 2.05) is 67.6 Å². The maximum Gasteiger partial charge on any atom is 0.293 e. The van der Waals surface area contributed by atoms with Crippen molar-refractivity contribution in [2.45, 2.75) is 19.5 Å². The molecule has 0 radical (unpaired) electrons.